The molecule has 2 aromatic carbocycles. The maximum absolute atomic E-state index is 14.7. The molecule has 1 atom stereocenters. The zero-order valence-electron chi connectivity index (χ0n) is 18.9. The van der Waals surface area contributed by atoms with Gasteiger partial charge in [0.15, 0.2) is 5.82 Å². The lowest BCUT2D eigenvalue weighted by Gasteiger charge is -2.20. The Labute approximate surface area is 210 Å². The van der Waals surface area contributed by atoms with Gasteiger partial charge < -0.3 is 11.1 Å². The van der Waals surface area contributed by atoms with E-state index in [2.05, 4.69) is 25.6 Å². The van der Waals surface area contributed by atoms with Gasteiger partial charge >= 0.3 is 6.18 Å². The highest BCUT2D eigenvalue weighted by Crippen LogP contribution is 2.43. The molecule has 7 nitrogen and oxygen atoms in total. The molecule has 0 aliphatic heterocycles. The van der Waals surface area contributed by atoms with Crippen molar-refractivity contribution in [1.82, 2.24) is 25.0 Å². The molecule has 0 bridgehead atoms. The van der Waals surface area contributed by atoms with Crippen LogP contribution < -0.4 is 11.1 Å². The Morgan fingerprint density at radius 2 is 1.92 bits per heavy atom. The fraction of sp³-hybridized carbons (Fsp3) is 0.167. The summed E-state index contributed by atoms with van der Waals surface area (Å²) >= 11 is 1.13. The van der Waals surface area contributed by atoms with Gasteiger partial charge in [-0.2, -0.15) is 13.2 Å². The molecule has 0 amide bonds. The number of nitrogens with two attached hydrogens (primary N) is 1. The second kappa shape index (κ2) is 9.82. The van der Waals surface area contributed by atoms with Crippen LogP contribution in [0.1, 0.15) is 11.6 Å². The summed E-state index contributed by atoms with van der Waals surface area (Å²) in [5.74, 6) is -1.18. The van der Waals surface area contributed by atoms with E-state index in [0.29, 0.717) is 33.6 Å². The summed E-state index contributed by atoms with van der Waals surface area (Å²) in [6.07, 6.45) is -0.439. The average molecular weight is 532 g/mol. The number of thiophene rings is 1. The molecule has 3 N–H and O–H groups in total. The third-order valence-corrected chi connectivity index (χ3v) is 6.80. The maximum Gasteiger partial charge on any atom is 0.407 e. The molecule has 13 heteroatoms. The first kappa shape index (κ1) is 24.7. The van der Waals surface area contributed by atoms with E-state index in [0.717, 1.165) is 35.7 Å². The highest BCUT2D eigenvalue weighted by molar-refractivity contribution is 7.22. The lowest BCUT2D eigenvalue weighted by atomic mass is 9.94. The van der Waals surface area contributed by atoms with E-state index < -0.39 is 23.9 Å². The molecule has 0 saturated heterocycles. The van der Waals surface area contributed by atoms with E-state index in [1.54, 1.807) is 41.3 Å². The van der Waals surface area contributed by atoms with E-state index in [1.165, 1.54) is 0 Å². The summed E-state index contributed by atoms with van der Waals surface area (Å²) in [4.78, 5) is 8.69. The smallest absolute Gasteiger partial charge is 0.352 e. The van der Waals surface area contributed by atoms with Crippen LogP contribution in [0.2, 0.25) is 0 Å². The third kappa shape index (κ3) is 5.13. The number of halogens is 5. The van der Waals surface area contributed by atoms with Gasteiger partial charge in [0.1, 0.15) is 17.6 Å². The predicted molar refractivity (Wildman–Crippen MR) is 130 cm³/mol. The number of nitrogens with zero attached hydrogens (tertiary/aromatic N) is 5. The predicted octanol–water partition coefficient (Wildman–Crippen LogP) is 5.57. The molecule has 0 spiro atoms. The van der Waals surface area contributed by atoms with Crippen molar-refractivity contribution in [2.75, 3.05) is 11.9 Å². The fourth-order valence-corrected chi connectivity index (χ4v) is 5.04. The van der Waals surface area contributed by atoms with Gasteiger partial charge in [-0.3, -0.25) is 4.68 Å². The van der Waals surface area contributed by atoms with E-state index in [1.807, 2.05) is 0 Å². The van der Waals surface area contributed by atoms with Crippen LogP contribution in [-0.4, -0.2) is 37.7 Å². The van der Waals surface area contributed by atoms with Crippen LogP contribution in [0.15, 0.2) is 61.1 Å². The molecule has 37 heavy (non-hydrogen) atoms. The largest absolute Gasteiger partial charge is 0.407 e. The zero-order valence-corrected chi connectivity index (χ0v) is 19.7. The monoisotopic (exact) mass is 531 g/mol. The topological polar surface area (TPSA) is 94.5 Å². The highest BCUT2D eigenvalue weighted by atomic mass is 32.1. The Morgan fingerprint density at radius 3 is 2.68 bits per heavy atom. The molecule has 3 aromatic heterocycles. The first-order valence-electron chi connectivity index (χ1n) is 11.0. The van der Waals surface area contributed by atoms with Gasteiger partial charge in [-0.1, -0.05) is 29.5 Å². The molecule has 5 rings (SSSR count). The van der Waals surface area contributed by atoms with Gasteiger partial charge in [-0.15, -0.1) is 16.4 Å². The van der Waals surface area contributed by atoms with Gasteiger partial charge in [0.25, 0.3) is 0 Å². The van der Waals surface area contributed by atoms with Crippen molar-refractivity contribution in [3.05, 3.63) is 78.3 Å². The molecule has 5 aromatic rings. The molecular weight excluding hydrogens is 513 g/mol. The first-order chi connectivity index (χ1) is 17.7. The van der Waals surface area contributed by atoms with Gasteiger partial charge in [-0.25, -0.2) is 18.7 Å². The average Bonchev–Trinajstić information content (AvgIpc) is 3.54. The van der Waals surface area contributed by atoms with Crippen molar-refractivity contribution in [1.29, 1.82) is 0 Å². The molecule has 0 fully saturated rings. The van der Waals surface area contributed by atoms with Crippen LogP contribution >= 0.6 is 11.3 Å². The molecule has 0 aliphatic rings. The molecule has 1 unspecified atom stereocenters. The maximum atomic E-state index is 14.7. The van der Waals surface area contributed by atoms with Crippen LogP contribution in [0.3, 0.4) is 0 Å². The minimum absolute atomic E-state index is 0.0162. The number of aromatic nitrogens is 5. The van der Waals surface area contributed by atoms with Crippen LogP contribution in [0.25, 0.3) is 31.8 Å². The summed E-state index contributed by atoms with van der Waals surface area (Å²) in [6, 6.07) is 7.33. The summed E-state index contributed by atoms with van der Waals surface area (Å²) in [6.45, 7) is 0.894. The number of hydrogen-bond donors (Lipinski definition) is 2. The first-order valence-corrected chi connectivity index (χ1v) is 11.8. The Morgan fingerprint density at radius 1 is 1.08 bits per heavy atom. The molecule has 190 valence electrons. The Balaban J connectivity index is 1.52. The Bertz CT molecular complexity index is 1550. The SMILES string of the molecule is NC(c1ccc(F)cc1-c1cccc2cc(-c3nc(NCCn4ccnn4)ncc3F)sc12)C(F)(F)F. The summed E-state index contributed by atoms with van der Waals surface area (Å²) in [5.41, 5.74) is 5.61. The third-order valence-electron chi connectivity index (χ3n) is 5.61. The number of fused-ring (bicyclic) bond motifs is 1. The van der Waals surface area contributed by atoms with Crippen LogP contribution in [0.5, 0.6) is 0 Å². The van der Waals surface area contributed by atoms with Crippen molar-refractivity contribution in [2.24, 2.45) is 5.73 Å². The second-order valence-corrected chi connectivity index (χ2v) is 9.12. The zero-order chi connectivity index (χ0) is 26.2. The number of hydrogen-bond acceptors (Lipinski definition) is 7. The van der Waals surface area contributed by atoms with Crippen molar-refractivity contribution in [2.45, 2.75) is 18.8 Å². The van der Waals surface area contributed by atoms with Crippen LogP contribution in [0.4, 0.5) is 27.9 Å². The Kier molecular flexibility index (Phi) is 6.56. The summed E-state index contributed by atoms with van der Waals surface area (Å²) in [5, 5.41) is 11.2. The van der Waals surface area contributed by atoms with Gasteiger partial charge in [0.2, 0.25) is 5.95 Å². The number of anilines is 1. The van der Waals surface area contributed by atoms with Gasteiger partial charge in [0.05, 0.1) is 23.8 Å². The van der Waals surface area contributed by atoms with Crippen LogP contribution in [0, 0.1) is 11.6 Å². The number of benzene rings is 2. The molecule has 0 saturated carbocycles. The van der Waals surface area contributed by atoms with E-state index in [9.17, 15) is 22.0 Å². The quantitative estimate of drug-likeness (QED) is 0.267. The molecule has 3 heterocycles. The second-order valence-electron chi connectivity index (χ2n) is 8.07. The number of nitrogens with one attached hydrogen (secondary N) is 1. The minimum atomic E-state index is -4.72. The fourth-order valence-electron chi connectivity index (χ4n) is 3.86. The number of rotatable bonds is 7. The van der Waals surface area contributed by atoms with E-state index in [-0.39, 0.29) is 22.8 Å². The molecule has 0 aliphatic carbocycles. The molecule has 0 radical (unpaired) electrons. The molecular formula is C24H18F5N7S. The van der Waals surface area contributed by atoms with E-state index >= 15 is 0 Å². The summed E-state index contributed by atoms with van der Waals surface area (Å²) < 4.78 is 71.4. The van der Waals surface area contributed by atoms with Crippen molar-refractivity contribution >= 4 is 27.4 Å². The van der Waals surface area contributed by atoms with Crippen LogP contribution in [-0.2, 0) is 6.54 Å². The van der Waals surface area contributed by atoms with Crippen molar-refractivity contribution in [3.8, 4) is 21.7 Å². The van der Waals surface area contributed by atoms with Crippen molar-refractivity contribution < 1.29 is 22.0 Å². The van der Waals surface area contributed by atoms with E-state index in [4.69, 9.17) is 5.73 Å². The highest BCUT2D eigenvalue weighted by Gasteiger charge is 2.39. The Hall–Kier alpha value is -3.97. The lowest BCUT2D eigenvalue weighted by molar-refractivity contribution is -0.149. The summed E-state index contributed by atoms with van der Waals surface area (Å²) in [7, 11) is 0. The standard InChI is InChI=1S/C24H18F5N7S/c25-14-4-5-16(22(30)24(27,28)29)17(11-14)15-3-1-2-13-10-19(37-21(13)15)20-18(26)12-32-23(34-20)31-6-8-36-9-7-33-35-36/h1-5,7,9-12,22H,6,8,30H2,(H,31,32,34). The minimum Gasteiger partial charge on any atom is -0.352 e. The lowest BCUT2D eigenvalue weighted by Crippen LogP contribution is -2.29. The number of alkyl halides is 3. The van der Waals surface area contributed by atoms with Gasteiger partial charge in [-0.05, 0) is 40.3 Å². The van der Waals surface area contributed by atoms with Crippen molar-refractivity contribution in [3.63, 3.8) is 0 Å². The normalized spacial score (nSPS) is 12.7. The van der Waals surface area contributed by atoms with Gasteiger partial charge in [0, 0.05) is 17.4 Å².